The first-order valence-electron chi connectivity index (χ1n) is 6.14. The number of aliphatic carboxylic acids is 1. The Morgan fingerprint density at radius 2 is 2.00 bits per heavy atom. The van der Waals surface area contributed by atoms with Crippen LogP contribution < -0.4 is 0 Å². The molecule has 0 aromatic heterocycles. The predicted molar refractivity (Wildman–Crippen MR) is 68.4 cm³/mol. The van der Waals surface area contributed by atoms with Crippen LogP contribution in [0.15, 0.2) is 24.3 Å². The smallest absolute Gasteiger partial charge is 0.303 e. The maximum atomic E-state index is 10.9. The van der Waals surface area contributed by atoms with E-state index in [9.17, 15) is 4.79 Å². The van der Waals surface area contributed by atoms with E-state index in [0.717, 1.165) is 29.8 Å². The minimum absolute atomic E-state index is 0.237. The Balaban J connectivity index is 2.21. The molecule has 0 aliphatic heterocycles. The fourth-order valence-corrected chi connectivity index (χ4v) is 3.14. The van der Waals surface area contributed by atoms with Crippen LogP contribution in [0.1, 0.15) is 43.6 Å². The van der Waals surface area contributed by atoms with Crippen LogP contribution >= 0.6 is 11.6 Å². The first kappa shape index (κ1) is 12.4. The van der Waals surface area contributed by atoms with Crippen molar-refractivity contribution in [3.05, 3.63) is 34.9 Å². The van der Waals surface area contributed by atoms with E-state index >= 15 is 0 Å². The SMILES string of the molecule is O=C(O)CC1CCCCC1c1ccccc1Cl. The van der Waals surface area contributed by atoms with Crippen molar-refractivity contribution >= 4 is 17.6 Å². The van der Waals surface area contributed by atoms with Crippen molar-refractivity contribution < 1.29 is 9.90 Å². The van der Waals surface area contributed by atoms with Crippen LogP contribution in [0.2, 0.25) is 5.02 Å². The van der Waals surface area contributed by atoms with Crippen molar-refractivity contribution in [1.82, 2.24) is 0 Å². The third-order valence-corrected chi connectivity index (χ3v) is 3.99. The zero-order chi connectivity index (χ0) is 12.3. The lowest BCUT2D eigenvalue weighted by atomic mass is 9.74. The third-order valence-electron chi connectivity index (χ3n) is 3.65. The second-order valence-corrected chi connectivity index (χ2v) is 5.18. The average molecular weight is 253 g/mol. The number of carboxylic acids is 1. The number of benzene rings is 1. The first-order chi connectivity index (χ1) is 8.18. The Morgan fingerprint density at radius 3 is 2.71 bits per heavy atom. The molecule has 1 fully saturated rings. The second-order valence-electron chi connectivity index (χ2n) is 4.77. The summed E-state index contributed by atoms with van der Waals surface area (Å²) in [4.78, 5) is 10.9. The molecule has 2 unspecified atom stereocenters. The third kappa shape index (κ3) is 3.01. The van der Waals surface area contributed by atoms with Gasteiger partial charge in [-0.2, -0.15) is 0 Å². The lowest BCUT2D eigenvalue weighted by molar-refractivity contribution is -0.138. The summed E-state index contributed by atoms with van der Waals surface area (Å²) in [6, 6.07) is 7.82. The Kier molecular flexibility index (Phi) is 4.06. The van der Waals surface area contributed by atoms with Gasteiger partial charge in [-0.3, -0.25) is 4.79 Å². The van der Waals surface area contributed by atoms with Crippen LogP contribution in [0.3, 0.4) is 0 Å². The molecule has 0 saturated heterocycles. The normalized spacial score (nSPS) is 24.5. The highest BCUT2D eigenvalue weighted by Crippen LogP contribution is 2.41. The summed E-state index contributed by atoms with van der Waals surface area (Å²) < 4.78 is 0. The molecular weight excluding hydrogens is 236 g/mol. The molecule has 2 nitrogen and oxygen atoms in total. The van der Waals surface area contributed by atoms with Crippen LogP contribution in [-0.2, 0) is 4.79 Å². The van der Waals surface area contributed by atoms with Gasteiger partial charge in [0.15, 0.2) is 0 Å². The van der Waals surface area contributed by atoms with Crippen molar-refractivity contribution in [3.8, 4) is 0 Å². The van der Waals surface area contributed by atoms with Crippen LogP contribution in [0.5, 0.6) is 0 Å². The molecule has 0 amide bonds. The topological polar surface area (TPSA) is 37.3 Å². The molecule has 0 heterocycles. The van der Waals surface area contributed by atoms with Crippen molar-refractivity contribution in [2.45, 2.75) is 38.0 Å². The van der Waals surface area contributed by atoms with Gasteiger partial charge in [0.2, 0.25) is 0 Å². The van der Waals surface area contributed by atoms with Crippen LogP contribution in [0.4, 0.5) is 0 Å². The van der Waals surface area contributed by atoms with Crippen LogP contribution in [-0.4, -0.2) is 11.1 Å². The average Bonchev–Trinajstić information content (AvgIpc) is 2.30. The summed E-state index contributed by atoms with van der Waals surface area (Å²) in [5, 5.41) is 9.74. The van der Waals surface area contributed by atoms with Crippen LogP contribution in [0, 0.1) is 5.92 Å². The fourth-order valence-electron chi connectivity index (χ4n) is 2.86. The van der Waals surface area contributed by atoms with Crippen LogP contribution in [0.25, 0.3) is 0 Å². The molecule has 2 atom stereocenters. The van der Waals surface area contributed by atoms with Crippen molar-refractivity contribution in [2.24, 2.45) is 5.92 Å². The lowest BCUT2D eigenvalue weighted by Gasteiger charge is -2.31. The molecule has 0 bridgehead atoms. The van der Waals surface area contributed by atoms with E-state index in [0.29, 0.717) is 5.92 Å². The summed E-state index contributed by atoms with van der Waals surface area (Å²) >= 11 is 6.21. The molecule has 1 N–H and O–H groups in total. The Bertz CT molecular complexity index is 403. The minimum atomic E-state index is -0.700. The number of hydrogen-bond acceptors (Lipinski definition) is 1. The Labute approximate surface area is 107 Å². The maximum Gasteiger partial charge on any atom is 0.303 e. The number of hydrogen-bond donors (Lipinski definition) is 1. The molecule has 1 saturated carbocycles. The molecular formula is C14H17ClO2. The first-order valence-corrected chi connectivity index (χ1v) is 6.52. The van der Waals surface area contributed by atoms with Gasteiger partial charge in [0.05, 0.1) is 0 Å². The predicted octanol–water partition coefficient (Wildman–Crippen LogP) is 4.09. The van der Waals surface area contributed by atoms with E-state index in [-0.39, 0.29) is 12.3 Å². The molecule has 1 aliphatic carbocycles. The number of carboxylic acid groups (broad SMARTS) is 1. The Morgan fingerprint density at radius 1 is 1.29 bits per heavy atom. The number of rotatable bonds is 3. The van der Waals surface area contributed by atoms with E-state index in [4.69, 9.17) is 16.7 Å². The van der Waals surface area contributed by atoms with E-state index in [1.807, 2.05) is 24.3 Å². The molecule has 2 rings (SSSR count). The summed E-state index contributed by atoms with van der Waals surface area (Å²) in [5.74, 6) is -0.149. The van der Waals surface area contributed by atoms with Gasteiger partial charge >= 0.3 is 5.97 Å². The Hall–Kier alpha value is -1.02. The summed E-state index contributed by atoms with van der Waals surface area (Å²) in [6.45, 7) is 0. The van der Waals surface area contributed by atoms with Gasteiger partial charge in [-0.05, 0) is 36.3 Å². The van der Waals surface area contributed by atoms with Gasteiger partial charge in [0.1, 0.15) is 0 Å². The molecule has 1 aromatic carbocycles. The zero-order valence-electron chi connectivity index (χ0n) is 9.73. The second kappa shape index (κ2) is 5.54. The largest absolute Gasteiger partial charge is 0.481 e. The highest BCUT2D eigenvalue weighted by molar-refractivity contribution is 6.31. The van der Waals surface area contributed by atoms with E-state index in [1.54, 1.807) is 0 Å². The van der Waals surface area contributed by atoms with Gasteiger partial charge in [-0.15, -0.1) is 0 Å². The highest BCUT2D eigenvalue weighted by Gasteiger charge is 2.29. The van der Waals surface area contributed by atoms with Gasteiger partial charge in [0, 0.05) is 11.4 Å². The van der Waals surface area contributed by atoms with Crippen molar-refractivity contribution in [1.29, 1.82) is 0 Å². The van der Waals surface area contributed by atoms with Gasteiger partial charge < -0.3 is 5.11 Å². The monoisotopic (exact) mass is 252 g/mol. The van der Waals surface area contributed by atoms with Gasteiger partial charge in [-0.1, -0.05) is 42.6 Å². The van der Waals surface area contributed by atoms with E-state index in [2.05, 4.69) is 0 Å². The van der Waals surface area contributed by atoms with Crippen molar-refractivity contribution in [2.75, 3.05) is 0 Å². The van der Waals surface area contributed by atoms with Crippen molar-refractivity contribution in [3.63, 3.8) is 0 Å². The molecule has 17 heavy (non-hydrogen) atoms. The van der Waals surface area contributed by atoms with E-state index in [1.165, 1.54) is 6.42 Å². The quantitative estimate of drug-likeness (QED) is 0.880. The lowest BCUT2D eigenvalue weighted by Crippen LogP contribution is -2.21. The van der Waals surface area contributed by atoms with E-state index < -0.39 is 5.97 Å². The molecule has 92 valence electrons. The number of carbonyl (C=O) groups is 1. The number of halogens is 1. The van der Waals surface area contributed by atoms with Gasteiger partial charge in [-0.25, -0.2) is 0 Å². The standard InChI is InChI=1S/C14H17ClO2/c15-13-8-4-3-7-12(13)11-6-2-1-5-10(11)9-14(16)17/h3-4,7-8,10-11H,1-2,5-6,9H2,(H,16,17). The molecule has 0 radical (unpaired) electrons. The fraction of sp³-hybridized carbons (Fsp3) is 0.500. The highest BCUT2D eigenvalue weighted by atomic mass is 35.5. The maximum absolute atomic E-state index is 10.9. The summed E-state index contributed by atoms with van der Waals surface area (Å²) in [5.41, 5.74) is 1.13. The zero-order valence-corrected chi connectivity index (χ0v) is 10.5. The molecule has 1 aliphatic rings. The minimum Gasteiger partial charge on any atom is -0.481 e. The molecule has 0 spiro atoms. The van der Waals surface area contributed by atoms with Gasteiger partial charge in [0.25, 0.3) is 0 Å². The summed E-state index contributed by atoms with van der Waals surface area (Å²) in [6.07, 6.45) is 4.63. The summed E-state index contributed by atoms with van der Waals surface area (Å²) in [7, 11) is 0. The molecule has 1 aromatic rings. The molecule has 3 heteroatoms.